The van der Waals surface area contributed by atoms with Crippen molar-refractivity contribution < 1.29 is 4.79 Å². The number of nitrogens with one attached hydrogen (secondary N) is 2. The van der Waals surface area contributed by atoms with Gasteiger partial charge in [-0.1, -0.05) is 18.2 Å². The first-order valence-corrected chi connectivity index (χ1v) is 7.96. The summed E-state index contributed by atoms with van der Waals surface area (Å²) in [4.78, 5) is 16.2. The monoisotopic (exact) mass is 332 g/mol. The van der Waals surface area contributed by atoms with Gasteiger partial charge in [-0.25, -0.2) is 0 Å². The molecule has 0 saturated carbocycles. The van der Waals surface area contributed by atoms with Crippen LogP contribution in [-0.4, -0.2) is 30.9 Å². The molecule has 124 valence electrons. The minimum absolute atomic E-state index is 0.104. The van der Waals surface area contributed by atoms with Gasteiger partial charge in [0.2, 0.25) is 5.91 Å². The standard InChI is InChI=1S/C18H16N6O/c25-18(7-10-24-16-4-2-1-3-14(16)12-20-24)21-17-11-15(22-23-17)13-5-8-19-9-6-13/h1-6,8-9,11-12H,7,10H2,(H2,21,22,23,25). The molecule has 1 amide bonds. The van der Waals surface area contributed by atoms with Crippen molar-refractivity contribution >= 4 is 22.6 Å². The van der Waals surface area contributed by atoms with E-state index >= 15 is 0 Å². The molecule has 7 nitrogen and oxygen atoms in total. The zero-order valence-corrected chi connectivity index (χ0v) is 13.4. The number of carbonyl (C=O) groups is 1. The van der Waals surface area contributed by atoms with Crippen LogP contribution < -0.4 is 5.32 Å². The van der Waals surface area contributed by atoms with Gasteiger partial charge in [-0.15, -0.1) is 0 Å². The lowest BCUT2D eigenvalue weighted by molar-refractivity contribution is -0.116. The highest BCUT2D eigenvalue weighted by Gasteiger charge is 2.09. The molecule has 0 aliphatic rings. The van der Waals surface area contributed by atoms with Gasteiger partial charge in [0.05, 0.1) is 24.0 Å². The number of para-hydroxylation sites is 1. The summed E-state index contributed by atoms with van der Waals surface area (Å²) in [6.07, 6.45) is 5.55. The van der Waals surface area contributed by atoms with Crippen LogP contribution in [0.5, 0.6) is 0 Å². The second kappa shape index (κ2) is 6.56. The first-order chi connectivity index (χ1) is 12.3. The Morgan fingerprint density at radius 3 is 2.88 bits per heavy atom. The van der Waals surface area contributed by atoms with Gasteiger partial charge in [-0.3, -0.25) is 19.6 Å². The molecule has 25 heavy (non-hydrogen) atoms. The zero-order valence-electron chi connectivity index (χ0n) is 13.4. The van der Waals surface area contributed by atoms with Crippen molar-refractivity contribution in [2.75, 3.05) is 5.32 Å². The third-order valence-electron chi connectivity index (χ3n) is 3.94. The number of anilines is 1. The van der Waals surface area contributed by atoms with E-state index in [2.05, 4.69) is 25.6 Å². The number of pyridine rings is 1. The third kappa shape index (κ3) is 3.25. The number of hydrogen-bond donors (Lipinski definition) is 2. The van der Waals surface area contributed by atoms with Gasteiger partial charge in [0.15, 0.2) is 5.82 Å². The Labute approximate surface area is 143 Å². The molecule has 0 aliphatic carbocycles. The van der Waals surface area contributed by atoms with E-state index < -0.39 is 0 Å². The van der Waals surface area contributed by atoms with E-state index in [1.54, 1.807) is 18.5 Å². The van der Waals surface area contributed by atoms with E-state index in [0.29, 0.717) is 18.8 Å². The molecule has 0 bridgehead atoms. The highest BCUT2D eigenvalue weighted by atomic mass is 16.1. The number of H-pyrrole nitrogens is 1. The van der Waals surface area contributed by atoms with Crippen molar-refractivity contribution in [1.82, 2.24) is 25.0 Å². The summed E-state index contributed by atoms with van der Waals surface area (Å²) in [5, 5.41) is 15.2. The second-order valence-corrected chi connectivity index (χ2v) is 5.63. The summed E-state index contributed by atoms with van der Waals surface area (Å²) < 4.78 is 1.84. The molecule has 0 saturated heterocycles. The van der Waals surface area contributed by atoms with Crippen LogP contribution in [0.3, 0.4) is 0 Å². The molecule has 3 heterocycles. The van der Waals surface area contributed by atoms with Crippen molar-refractivity contribution in [2.24, 2.45) is 0 Å². The molecule has 7 heteroatoms. The van der Waals surface area contributed by atoms with Crippen LogP contribution in [0.2, 0.25) is 0 Å². The topological polar surface area (TPSA) is 88.5 Å². The van der Waals surface area contributed by atoms with Crippen LogP contribution in [0.4, 0.5) is 5.82 Å². The lowest BCUT2D eigenvalue weighted by Crippen LogP contribution is -2.15. The summed E-state index contributed by atoms with van der Waals surface area (Å²) in [6, 6.07) is 13.5. The summed E-state index contributed by atoms with van der Waals surface area (Å²) in [6.45, 7) is 0.515. The van der Waals surface area contributed by atoms with Gasteiger partial charge < -0.3 is 5.32 Å². The normalized spacial score (nSPS) is 10.9. The average Bonchev–Trinajstić information content (AvgIpc) is 3.28. The molecular weight excluding hydrogens is 316 g/mol. The Hall–Kier alpha value is -3.48. The fourth-order valence-electron chi connectivity index (χ4n) is 2.68. The van der Waals surface area contributed by atoms with E-state index in [4.69, 9.17) is 0 Å². The van der Waals surface area contributed by atoms with Crippen molar-refractivity contribution in [3.05, 3.63) is 61.1 Å². The van der Waals surface area contributed by atoms with Crippen LogP contribution in [-0.2, 0) is 11.3 Å². The molecule has 2 N–H and O–H groups in total. The maximum atomic E-state index is 12.2. The summed E-state index contributed by atoms with van der Waals surface area (Å²) >= 11 is 0. The van der Waals surface area contributed by atoms with Crippen LogP contribution in [0, 0.1) is 0 Å². The number of benzene rings is 1. The summed E-state index contributed by atoms with van der Waals surface area (Å²) in [7, 11) is 0. The predicted octanol–water partition coefficient (Wildman–Crippen LogP) is 2.85. The van der Waals surface area contributed by atoms with Crippen molar-refractivity contribution in [1.29, 1.82) is 0 Å². The molecule has 0 fully saturated rings. The van der Waals surface area contributed by atoms with Crippen molar-refractivity contribution in [2.45, 2.75) is 13.0 Å². The number of aromatic nitrogens is 5. The summed E-state index contributed by atoms with van der Waals surface area (Å²) in [5.41, 5.74) is 2.82. The van der Waals surface area contributed by atoms with E-state index in [0.717, 1.165) is 22.2 Å². The fraction of sp³-hybridized carbons (Fsp3) is 0.111. The number of aromatic amines is 1. The number of aryl methyl sites for hydroxylation is 1. The first-order valence-electron chi connectivity index (χ1n) is 7.96. The SMILES string of the molecule is O=C(CCn1ncc2ccccc21)Nc1cc(-c2ccncc2)[nH]n1. The summed E-state index contributed by atoms with van der Waals surface area (Å²) in [5.74, 6) is 0.398. The number of hydrogen-bond acceptors (Lipinski definition) is 4. The van der Waals surface area contributed by atoms with Gasteiger partial charge in [0.1, 0.15) is 0 Å². The Kier molecular flexibility index (Phi) is 3.96. The van der Waals surface area contributed by atoms with Gasteiger partial charge in [-0.2, -0.15) is 10.2 Å². The van der Waals surface area contributed by atoms with Crippen LogP contribution >= 0.6 is 0 Å². The maximum Gasteiger partial charge on any atom is 0.227 e. The molecule has 0 aliphatic heterocycles. The van der Waals surface area contributed by atoms with E-state index in [-0.39, 0.29) is 5.91 Å². The Morgan fingerprint density at radius 1 is 1.16 bits per heavy atom. The predicted molar refractivity (Wildman–Crippen MR) is 94.8 cm³/mol. The molecule has 1 aromatic carbocycles. The molecule has 0 atom stereocenters. The van der Waals surface area contributed by atoms with Crippen LogP contribution in [0.25, 0.3) is 22.2 Å². The van der Waals surface area contributed by atoms with Gasteiger partial charge in [0.25, 0.3) is 0 Å². The first kappa shape index (κ1) is 15.1. The number of fused-ring (bicyclic) bond motifs is 1. The molecule has 0 radical (unpaired) electrons. The smallest absolute Gasteiger partial charge is 0.227 e. The zero-order chi connectivity index (χ0) is 17.1. The Bertz CT molecular complexity index is 1000. The largest absolute Gasteiger partial charge is 0.309 e. The minimum atomic E-state index is -0.104. The quantitative estimate of drug-likeness (QED) is 0.588. The van der Waals surface area contributed by atoms with Crippen LogP contribution in [0.1, 0.15) is 6.42 Å². The Morgan fingerprint density at radius 2 is 2.00 bits per heavy atom. The second-order valence-electron chi connectivity index (χ2n) is 5.63. The van der Waals surface area contributed by atoms with E-state index in [1.807, 2.05) is 47.3 Å². The number of carbonyl (C=O) groups excluding carboxylic acids is 1. The van der Waals surface area contributed by atoms with Crippen molar-refractivity contribution in [3.8, 4) is 11.3 Å². The highest BCUT2D eigenvalue weighted by molar-refractivity contribution is 5.90. The molecule has 3 aromatic heterocycles. The lowest BCUT2D eigenvalue weighted by atomic mass is 10.2. The van der Waals surface area contributed by atoms with Gasteiger partial charge in [-0.05, 0) is 18.2 Å². The van der Waals surface area contributed by atoms with Gasteiger partial charge in [0, 0.05) is 35.8 Å². The molecule has 0 unspecified atom stereocenters. The maximum absolute atomic E-state index is 12.2. The van der Waals surface area contributed by atoms with Gasteiger partial charge >= 0.3 is 0 Å². The molecule has 4 rings (SSSR count). The van der Waals surface area contributed by atoms with E-state index in [1.165, 1.54) is 0 Å². The number of nitrogens with zero attached hydrogens (tertiary/aromatic N) is 4. The lowest BCUT2D eigenvalue weighted by Gasteiger charge is -2.04. The average molecular weight is 332 g/mol. The highest BCUT2D eigenvalue weighted by Crippen LogP contribution is 2.18. The molecule has 4 aromatic rings. The fourth-order valence-corrected chi connectivity index (χ4v) is 2.68. The van der Waals surface area contributed by atoms with Crippen molar-refractivity contribution in [3.63, 3.8) is 0 Å². The Balaban J connectivity index is 1.39. The molecule has 0 spiro atoms. The third-order valence-corrected chi connectivity index (χ3v) is 3.94. The molecular formula is C18H16N6O. The number of amides is 1. The number of rotatable bonds is 5. The van der Waals surface area contributed by atoms with Crippen LogP contribution in [0.15, 0.2) is 61.1 Å². The minimum Gasteiger partial charge on any atom is -0.309 e. The van der Waals surface area contributed by atoms with E-state index in [9.17, 15) is 4.79 Å².